The summed E-state index contributed by atoms with van der Waals surface area (Å²) in [6, 6.07) is 11.1. The van der Waals surface area contributed by atoms with Crippen molar-refractivity contribution in [1.82, 2.24) is 0 Å². The first-order valence-electron chi connectivity index (χ1n) is 9.18. The van der Waals surface area contributed by atoms with E-state index in [1.54, 1.807) is 25.3 Å². The molecule has 2 aromatic carbocycles. The van der Waals surface area contributed by atoms with Crippen molar-refractivity contribution in [3.05, 3.63) is 47.5 Å². The third-order valence-corrected chi connectivity index (χ3v) is 4.55. The Balaban J connectivity index is 2.29. The number of nitrogens with one attached hydrogen (secondary N) is 1. The molecule has 0 saturated heterocycles. The molecule has 0 bridgehead atoms. The van der Waals surface area contributed by atoms with Gasteiger partial charge in [0.1, 0.15) is 18.0 Å². The molecule has 0 atom stereocenters. The molecular weight excluding hydrogens is 356 g/mol. The van der Waals surface area contributed by atoms with E-state index >= 15 is 0 Å². The predicted octanol–water partition coefficient (Wildman–Crippen LogP) is 4.13. The first-order valence-corrected chi connectivity index (χ1v) is 9.18. The SMILES string of the molecule is COc1ccc(N(CC(=O)Nc2c(C)cccc2C(C)C)C(C)=O)c(OC)c1. The van der Waals surface area contributed by atoms with Gasteiger partial charge in [0.2, 0.25) is 11.8 Å². The van der Waals surface area contributed by atoms with Gasteiger partial charge in [-0.05, 0) is 36.1 Å². The van der Waals surface area contributed by atoms with Crippen molar-refractivity contribution in [2.45, 2.75) is 33.6 Å². The van der Waals surface area contributed by atoms with Gasteiger partial charge in [-0.15, -0.1) is 0 Å². The molecule has 0 saturated carbocycles. The van der Waals surface area contributed by atoms with Crippen LogP contribution in [0.25, 0.3) is 0 Å². The van der Waals surface area contributed by atoms with E-state index in [1.165, 1.54) is 18.9 Å². The van der Waals surface area contributed by atoms with Crippen LogP contribution in [0.4, 0.5) is 11.4 Å². The Hall–Kier alpha value is -3.02. The minimum Gasteiger partial charge on any atom is -0.497 e. The normalized spacial score (nSPS) is 10.5. The largest absolute Gasteiger partial charge is 0.497 e. The van der Waals surface area contributed by atoms with Crippen LogP contribution in [0.15, 0.2) is 36.4 Å². The van der Waals surface area contributed by atoms with Crippen molar-refractivity contribution < 1.29 is 19.1 Å². The zero-order valence-electron chi connectivity index (χ0n) is 17.3. The number of benzene rings is 2. The van der Waals surface area contributed by atoms with E-state index in [2.05, 4.69) is 19.2 Å². The van der Waals surface area contributed by atoms with Crippen molar-refractivity contribution in [2.75, 3.05) is 31.0 Å². The highest BCUT2D eigenvalue weighted by atomic mass is 16.5. The summed E-state index contributed by atoms with van der Waals surface area (Å²) in [5, 5.41) is 2.98. The van der Waals surface area contributed by atoms with Crippen LogP contribution in [0.5, 0.6) is 11.5 Å². The molecule has 2 amide bonds. The van der Waals surface area contributed by atoms with Crippen LogP contribution in [0, 0.1) is 6.92 Å². The summed E-state index contributed by atoms with van der Waals surface area (Å²) in [6.07, 6.45) is 0. The fourth-order valence-corrected chi connectivity index (χ4v) is 3.04. The fourth-order valence-electron chi connectivity index (χ4n) is 3.04. The van der Waals surface area contributed by atoms with E-state index in [9.17, 15) is 9.59 Å². The van der Waals surface area contributed by atoms with Crippen LogP contribution in [-0.4, -0.2) is 32.6 Å². The van der Waals surface area contributed by atoms with Gasteiger partial charge >= 0.3 is 0 Å². The highest BCUT2D eigenvalue weighted by Gasteiger charge is 2.21. The maximum atomic E-state index is 12.8. The van der Waals surface area contributed by atoms with Gasteiger partial charge in [-0.3, -0.25) is 14.5 Å². The Labute approximate surface area is 166 Å². The Kier molecular flexibility index (Phi) is 7.04. The summed E-state index contributed by atoms with van der Waals surface area (Å²) in [5.41, 5.74) is 3.35. The molecule has 28 heavy (non-hydrogen) atoms. The quantitative estimate of drug-likeness (QED) is 0.779. The summed E-state index contributed by atoms with van der Waals surface area (Å²) >= 11 is 0. The van der Waals surface area contributed by atoms with Crippen LogP contribution in [0.3, 0.4) is 0 Å². The van der Waals surface area contributed by atoms with Gasteiger partial charge < -0.3 is 14.8 Å². The third-order valence-electron chi connectivity index (χ3n) is 4.55. The lowest BCUT2D eigenvalue weighted by molar-refractivity contribution is -0.120. The number of amides is 2. The molecule has 0 aliphatic heterocycles. The highest BCUT2D eigenvalue weighted by molar-refractivity contribution is 6.03. The zero-order valence-corrected chi connectivity index (χ0v) is 17.3. The van der Waals surface area contributed by atoms with Crippen LogP contribution < -0.4 is 19.7 Å². The predicted molar refractivity (Wildman–Crippen MR) is 111 cm³/mol. The lowest BCUT2D eigenvalue weighted by Gasteiger charge is -2.24. The second kappa shape index (κ2) is 9.26. The number of carbonyl (C=O) groups excluding carboxylic acids is 2. The van der Waals surface area contributed by atoms with Gasteiger partial charge in [0.25, 0.3) is 0 Å². The summed E-state index contributed by atoms with van der Waals surface area (Å²) in [5.74, 6) is 0.800. The van der Waals surface area contributed by atoms with Crippen LogP contribution in [-0.2, 0) is 9.59 Å². The molecule has 150 valence electrons. The lowest BCUT2D eigenvalue weighted by atomic mass is 9.98. The Morgan fingerprint density at radius 1 is 1.11 bits per heavy atom. The van der Waals surface area contributed by atoms with Crippen LogP contribution in [0.1, 0.15) is 37.8 Å². The zero-order chi connectivity index (χ0) is 20.8. The second-order valence-corrected chi connectivity index (χ2v) is 6.88. The van der Waals surface area contributed by atoms with Crippen LogP contribution in [0.2, 0.25) is 0 Å². The van der Waals surface area contributed by atoms with Gasteiger partial charge in [0.05, 0.1) is 19.9 Å². The summed E-state index contributed by atoms with van der Waals surface area (Å²) < 4.78 is 10.6. The molecule has 0 unspecified atom stereocenters. The maximum Gasteiger partial charge on any atom is 0.244 e. The number of aryl methyl sites for hydroxylation is 1. The minimum atomic E-state index is -0.274. The molecular formula is C22H28N2O4. The molecule has 6 nitrogen and oxygen atoms in total. The number of ether oxygens (including phenoxy) is 2. The third kappa shape index (κ3) is 4.82. The Bertz CT molecular complexity index is 862. The topological polar surface area (TPSA) is 67.9 Å². The minimum absolute atomic E-state index is 0.121. The lowest BCUT2D eigenvalue weighted by Crippen LogP contribution is -2.37. The number of anilines is 2. The number of hydrogen-bond donors (Lipinski definition) is 1. The highest BCUT2D eigenvalue weighted by Crippen LogP contribution is 2.33. The van der Waals surface area contributed by atoms with Gasteiger partial charge in [0, 0.05) is 18.7 Å². The molecule has 0 aliphatic carbocycles. The van der Waals surface area contributed by atoms with Crippen molar-refractivity contribution in [1.29, 1.82) is 0 Å². The van der Waals surface area contributed by atoms with E-state index in [0.29, 0.717) is 17.2 Å². The van der Waals surface area contributed by atoms with Crippen molar-refractivity contribution in [2.24, 2.45) is 0 Å². The number of rotatable bonds is 7. The maximum absolute atomic E-state index is 12.8. The summed E-state index contributed by atoms with van der Waals surface area (Å²) in [6.45, 7) is 7.41. The van der Waals surface area contributed by atoms with Gasteiger partial charge in [-0.1, -0.05) is 32.0 Å². The molecule has 6 heteroatoms. The molecule has 0 radical (unpaired) electrons. The van der Waals surface area contributed by atoms with E-state index in [0.717, 1.165) is 16.8 Å². The van der Waals surface area contributed by atoms with E-state index in [-0.39, 0.29) is 24.3 Å². The van der Waals surface area contributed by atoms with Crippen molar-refractivity contribution >= 4 is 23.2 Å². The molecule has 0 fully saturated rings. The van der Waals surface area contributed by atoms with Crippen molar-refractivity contribution in [3.8, 4) is 11.5 Å². The number of carbonyl (C=O) groups is 2. The first-order chi connectivity index (χ1) is 13.3. The molecule has 0 aliphatic rings. The van der Waals surface area contributed by atoms with E-state index < -0.39 is 0 Å². The number of para-hydroxylation sites is 1. The number of hydrogen-bond acceptors (Lipinski definition) is 4. The molecule has 0 spiro atoms. The molecule has 2 aromatic rings. The summed E-state index contributed by atoms with van der Waals surface area (Å²) in [4.78, 5) is 26.4. The fraction of sp³-hybridized carbons (Fsp3) is 0.364. The Morgan fingerprint density at radius 3 is 2.39 bits per heavy atom. The first kappa shape index (κ1) is 21.3. The molecule has 0 aromatic heterocycles. The van der Waals surface area contributed by atoms with E-state index in [1.807, 2.05) is 25.1 Å². The number of methoxy groups -OCH3 is 2. The summed E-state index contributed by atoms with van der Waals surface area (Å²) in [7, 11) is 3.07. The average molecular weight is 384 g/mol. The number of nitrogens with zero attached hydrogens (tertiary/aromatic N) is 1. The monoisotopic (exact) mass is 384 g/mol. The average Bonchev–Trinajstić information content (AvgIpc) is 2.66. The van der Waals surface area contributed by atoms with Crippen LogP contribution >= 0.6 is 0 Å². The van der Waals surface area contributed by atoms with E-state index in [4.69, 9.17) is 9.47 Å². The Morgan fingerprint density at radius 2 is 1.82 bits per heavy atom. The molecule has 2 rings (SSSR count). The standard InChI is InChI=1S/C22H28N2O4/c1-14(2)18-9-7-8-15(3)22(18)23-21(26)13-24(16(4)25)19-11-10-17(27-5)12-20(19)28-6/h7-12,14H,13H2,1-6H3,(H,23,26). The molecule has 0 heterocycles. The van der Waals surface area contributed by atoms with Gasteiger partial charge in [-0.2, -0.15) is 0 Å². The molecule has 1 N–H and O–H groups in total. The van der Waals surface area contributed by atoms with Gasteiger partial charge in [0.15, 0.2) is 0 Å². The van der Waals surface area contributed by atoms with Gasteiger partial charge in [-0.25, -0.2) is 0 Å². The second-order valence-electron chi connectivity index (χ2n) is 6.88. The smallest absolute Gasteiger partial charge is 0.244 e. The van der Waals surface area contributed by atoms with Crippen molar-refractivity contribution in [3.63, 3.8) is 0 Å².